The summed E-state index contributed by atoms with van der Waals surface area (Å²) in [5.74, 6) is 1.43. The summed E-state index contributed by atoms with van der Waals surface area (Å²) in [7, 11) is 0. The second-order valence-electron chi connectivity index (χ2n) is 5.29. The van der Waals surface area contributed by atoms with E-state index in [0.29, 0.717) is 11.8 Å². The Morgan fingerprint density at radius 1 is 1.37 bits per heavy atom. The molecule has 1 heterocycles. The van der Waals surface area contributed by atoms with E-state index < -0.39 is 0 Å². The Hall–Kier alpha value is -1.02. The smallest absolute Gasteiger partial charge is 0.253 e. The van der Waals surface area contributed by atoms with Gasteiger partial charge in [-0.15, -0.1) is 11.6 Å². The molecule has 1 amide bonds. The number of hydrogen-bond acceptors (Lipinski definition) is 1. The van der Waals surface area contributed by atoms with E-state index in [9.17, 15) is 4.79 Å². The molecule has 3 heteroatoms. The number of alkyl halides is 1. The number of nitrogens with zero attached hydrogens (tertiary/aromatic N) is 1. The van der Waals surface area contributed by atoms with Crippen LogP contribution in [-0.4, -0.2) is 29.8 Å². The van der Waals surface area contributed by atoms with Crippen LogP contribution in [0.1, 0.15) is 42.1 Å². The highest BCUT2D eigenvalue weighted by Crippen LogP contribution is 2.21. The van der Waals surface area contributed by atoms with Gasteiger partial charge in [0.2, 0.25) is 0 Å². The van der Waals surface area contributed by atoms with Crippen LogP contribution in [0, 0.1) is 5.92 Å². The molecule has 2 rings (SSSR count). The first-order chi connectivity index (χ1) is 9.24. The Morgan fingerprint density at radius 3 is 2.74 bits per heavy atom. The topological polar surface area (TPSA) is 20.3 Å². The molecule has 0 saturated carbocycles. The number of hydrogen-bond donors (Lipinski definition) is 0. The fourth-order valence-corrected chi connectivity index (χ4v) is 3.01. The molecule has 1 unspecified atom stereocenters. The second kappa shape index (κ2) is 6.95. The van der Waals surface area contributed by atoms with Gasteiger partial charge in [0.05, 0.1) is 0 Å². The van der Waals surface area contributed by atoms with E-state index in [1.54, 1.807) is 0 Å². The van der Waals surface area contributed by atoms with Gasteiger partial charge in [-0.1, -0.05) is 19.1 Å². The van der Waals surface area contributed by atoms with E-state index in [-0.39, 0.29) is 5.91 Å². The average Bonchev–Trinajstić information content (AvgIpc) is 2.47. The SMILES string of the molecule is CCc1ccc(C(=O)N2CCCC(CCCl)C2)cc1. The summed E-state index contributed by atoms with van der Waals surface area (Å²) in [6, 6.07) is 8.00. The molecular formula is C16H22ClNO. The molecule has 1 atom stereocenters. The third-order valence-corrected chi connectivity index (χ3v) is 4.15. The van der Waals surface area contributed by atoms with E-state index in [2.05, 4.69) is 6.92 Å². The van der Waals surface area contributed by atoms with Crippen LogP contribution < -0.4 is 0 Å². The van der Waals surface area contributed by atoms with Crippen molar-refractivity contribution in [1.29, 1.82) is 0 Å². The molecule has 0 radical (unpaired) electrons. The van der Waals surface area contributed by atoms with Crippen LogP contribution in [0.4, 0.5) is 0 Å². The number of rotatable bonds is 4. The van der Waals surface area contributed by atoms with Gasteiger partial charge < -0.3 is 4.90 Å². The Bertz CT molecular complexity index is 413. The second-order valence-corrected chi connectivity index (χ2v) is 5.67. The molecule has 0 spiro atoms. The molecule has 104 valence electrons. The van der Waals surface area contributed by atoms with Gasteiger partial charge in [-0.05, 0) is 49.3 Å². The highest BCUT2D eigenvalue weighted by Gasteiger charge is 2.23. The van der Waals surface area contributed by atoms with Crippen molar-refractivity contribution >= 4 is 17.5 Å². The minimum atomic E-state index is 0.168. The van der Waals surface area contributed by atoms with Gasteiger partial charge in [0.15, 0.2) is 0 Å². The number of likely N-dealkylation sites (tertiary alicyclic amines) is 1. The molecule has 1 aromatic carbocycles. The molecular weight excluding hydrogens is 258 g/mol. The normalized spacial score (nSPS) is 19.5. The van der Waals surface area contributed by atoms with Crippen molar-refractivity contribution in [3.05, 3.63) is 35.4 Å². The van der Waals surface area contributed by atoms with E-state index in [1.165, 1.54) is 12.0 Å². The number of amides is 1. The lowest BCUT2D eigenvalue weighted by Crippen LogP contribution is -2.40. The quantitative estimate of drug-likeness (QED) is 0.769. The largest absolute Gasteiger partial charge is 0.338 e. The number of carbonyl (C=O) groups is 1. The Labute approximate surface area is 120 Å². The lowest BCUT2D eigenvalue weighted by atomic mass is 9.95. The molecule has 1 saturated heterocycles. The lowest BCUT2D eigenvalue weighted by molar-refractivity contribution is 0.0671. The fourth-order valence-electron chi connectivity index (χ4n) is 2.71. The summed E-state index contributed by atoms with van der Waals surface area (Å²) in [4.78, 5) is 14.4. The highest BCUT2D eigenvalue weighted by atomic mass is 35.5. The van der Waals surface area contributed by atoms with Crippen LogP contribution in [0.5, 0.6) is 0 Å². The number of aryl methyl sites for hydroxylation is 1. The predicted octanol–water partition coefficient (Wildman–Crippen LogP) is 3.73. The van der Waals surface area contributed by atoms with Gasteiger partial charge in [0.25, 0.3) is 5.91 Å². The number of carbonyl (C=O) groups excluding carboxylic acids is 1. The number of halogens is 1. The first kappa shape index (κ1) is 14.4. The highest BCUT2D eigenvalue weighted by molar-refractivity contribution is 6.17. The summed E-state index contributed by atoms with van der Waals surface area (Å²) < 4.78 is 0. The first-order valence-electron chi connectivity index (χ1n) is 7.18. The monoisotopic (exact) mass is 279 g/mol. The van der Waals surface area contributed by atoms with Crippen LogP contribution in [0.3, 0.4) is 0 Å². The maximum Gasteiger partial charge on any atom is 0.253 e. The van der Waals surface area contributed by atoms with Crippen molar-refractivity contribution in [2.45, 2.75) is 32.6 Å². The van der Waals surface area contributed by atoms with Gasteiger partial charge in [-0.2, -0.15) is 0 Å². The van der Waals surface area contributed by atoms with Gasteiger partial charge in [-0.3, -0.25) is 4.79 Å². The minimum Gasteiger partial charge on any atom is -0.338 e. The molecule has 1 fully saturated rings. The molecule has 1 aromatic rings. The van der Waals surface area contributed by atoms with Crippen molar-refractivity contribution in [1.82, 2.24) is 4.90 Å². The van der Waals surface area contributed by atoms with Crippen LogP contribution in [0.2, 0.25) is 0 Å². The van der Waals surface area contributed by atoms with Gasteiger partial charge in [0, 0.05) is 24.5 Å². The predicted molar refractivity (Wildman–Crippen MR) is 79.8 cm³/mol. The minimum absolute atomic E-state index is 0.168. The van der Waals surface area contributed by atoms with Crippen molar-refractivity contribution in [3.63, 3.8) is 0 Å². The zero-order chi connectivity index (χ0) is 13.7. The molecule has 0 bridgehead atoms. The lowest BCUT2D eigenvalue weighted by Gasteiger charge is -2.32. The summed E-state index contributed by atoms with van der Waals surface area (Å²) in [5, 5.41) is 0. The van der Waals surface area contributed by atoms with Crippen molar-refractivity contribution < 1.29 is 4.79 Å². The molecule has 1 aliphatic rings. The van der Waals surface area contributed by atoms with Gasteiger partial charge in [-0.25, -0.2) is 0 Å². The fraction of sp³-hybridized carbons (Fsp3) is 0.562. The molecule has 2 nitrogen and oxygen atoms in total. The number of benzene rings is 1. The number of piperidine rings is 1. The molecule has 19 heavy (non-hydrogen) atoms. The Balaban J connectivity index is 2.01. The summed E-state index contributed by atoms with van der Waals surface area (Å²) in [6.07, 6.45) is 4.32. The summed E-state index contributed by atoms with van der Waals surface area (Å²) >= 11 is 5.81. The summed E-state index contributed by atoms with van der Waals surface area (Å²) in [5.41, 5.74) is 2.08. The van der Waals surface area contributed by atoms with Crippen molar-refractivity contribution in [3.8, 4) is 0 Å². The van der Waals surface area contributed by atoms with Crippen LogP contribution in [0.15, 0.2) is 24.3 Å². The molecule has 1 aliphatic heterocycles. The molecule has 0 N–H and O–H groups in total. The van der Waals surface area contributed by atoms with Gasteiger partial charge >= 0.3 is 0 Å². The van der Waals surface area contributed by atoms with Gasteiger partial charge in [0.1, 0.15) is 0 Å². The molecule has 0 aliphatic carbocycles. The zero-order valence-corrected chi connectivity index (χ0v) is 12.3. The van der Waals surface area contributed by atoms with E-state index in [0.717, 1.165) is 37.9 Å². The first-order valence-corrected chi connectivity index (χ1v) is 7.72. The van der Waals surface area contributed by atoms with Crippen LogP contribution in [-0.2, 0) is 6.42 Å². The zero-order valence-electron chi connectivity index (χ0n) is 11.6. The van der Waals surface area contributed by atoms with Crippen molar-refractivity contribution in [2.24, 2.45) is 5.92 Å². The standard InChI is InChI=1S/C16H22ClNO/c1-2-13-5-7-15(8-6-13)16(19)18-11-3-4-14(12-18)9-10-17/h5-8,14H,2-4,9-12H2,1H3. The van der Waals surface area contributed by atoms with E-state index in [4.69, 9.17) is 11.6 Å². The molecule has 0 aromatic heterocycles. The summed E-state index contributed by atoms with van der Waals surface area (Å²) in [6.45, 7) is 3.87. The Morgan fingerprint density at radius 2 is 2.11 bits per heavy atom. The maximum absolute atomic E-state index is 12.4. The Kier molecular flexibility index (Phi) is 5.26. The van der Waals surface area contributed by atoms with Crippen LogP contribution in [0.25, 0.3) is 0 Å². The average molecular weight is 280 g/mol. The third kappa shape index (κ3) is 3.73. The van der Waals surface area contributed by atoms with E-state index >= 15 is 0 Å². The third-order valence-electron chi connectivity index (χ3n) is 3.93. The van der Waals surface area contributed by atoms with Crippen LogP contribution >= 0.6 is 11.6 Å². The van der Waals surface area contributed by atoms with E-state index in [1.807, 2.05) is 29.2 Å². The maximum atomic E-state index is 12.4. The van der Waals surface area contributed by atoms with Crippen molar-refractivity contribution in [2.75, 3.05) is 19.0 Å².